The molecule has 0 aliphatic carbocycles. The van der Waals surface area contributed by atoms with Crippen LogP contribution >= 0.6 is 0 Å². The number of carbonyl (C=O) groups excluding carboxylic acids is 2. The van der Waals surface area contributed by atoms with E-state index in [0.717, 1.165) is 32.1 Å². The van der Waals surface area contributed by atoms with Crippen molar-refractivity contribution in [2.24, 2.45) is 11.5 Å². The number of amides is 1. The van der Waals surface area contributed by atoms with Crippen molar-refractivity contribution in [2.45, 2.75) is 64.8 Å². The minimum atomic E-state index is -0.557. The molecule has 1 atom stereocenters. The van der Waals surface area contributed by atoms with Crippen LogP contribution in [0.25, 0.3) is 0 Å². The van der Waals surface area contributed by atoms with Crippen LogP contribution < -0.4 is 16.8 Å². The van der Waals surface area contributed by atoms with Gasteiger partial charge in [0, 0.05) is 6.42 Å². The maximum Gasteiger partial charge on any atom is 0.328 e. The van der Waals surface area contributed by atoms with Crippen LogP contribution in [0.3, 0.4) is 0 Å². The van der Waals surface area contributed by atoms with Crippen molar-refractivity contribution in [3.8, 4) is 0 Å². The van der Waals surface area contributed by atoms with Crippen LogP contribution in [0.5, 0.6) is 0 Å². The molecule has 0 aromatic rings. The van der Waals surface area contributed by atoms with Crippen molar-refractivity contribution in [2.75, 3.05) is 20.2 Å². The number of rotatable bonds is 11. The molecule has 1 amide bonds. The Balaban J connectivity index is 0. The summed E-state index contributed by atoms with van der Waals surface area (Å²) in [6.45, 7) is 5.23. The van der Waals surface area contributed by atoms with Gasteiger partial charge in [0.2, 0.25) is 5.91 Å². The Kier molecular flexibility index (Phi) is 17.8. The number of carbonyl (C=O) groups is 2. The summed E-state index contributed by atoms with van der Waals surface area (Å²) in [7, 11) is 1.33. The van der Waals surface area contributed by atoms with Gasteiger partial charge in [0.15, 0.2) is 0 Å². The zero-order valence-electron chi connectivity index (χ0n) is 13.8. The minimum absolute atomic E-state index is 0.111. The molecule has 6 nitrogen and oxygen atoms in total. The molecule has 21 heavy (non-hydrogen) atoms. The summed E-state index contributed by atoms with van der Waals surface area (Å²) in [5.74, 6) is -0.507. The van der Waals surface area contributed by atoms with Gasteiger partial charge in [0.05, 0.1) is 7.11 Å². The summed E-state index contributed by atoms with van der Waals surface area (Å²) in [5, 5.41) is 2.72. The molecule has 0 aromatic carbocycles. The molecule has 1 unspecified atom stereocenters. The lowest BCUT2D eigenvalue weighted by Gasteiger charge is -2.16. The third-order valence-electron chi connectivity index (χ3n) is 2.88. The van der Waals surface area contributed by atoms with Gasteiger partial charge >= 0.3 is 5.97 Å². The summed E-state index contributed by atoms with van der Waals surface area (Å²) in [6, 6.07) is -0.557. The topological polar surface area (TPSA) is 107 Å². The molecule has 0 saturated carbocycles. The first-order valence-electron chi connectivity index (χ1n) is 7.93. The molecule has 0 fully saturated rings. The Morgan fingerprint density at radius 2 is 1.57 bits per heavy atom. The molecule has 0 aromatic heterocycles. The first-order chi connectivity index (χ1) is 10.2. The van der Waals surface area contributed by atoms with Gasteiger partial charge in [-0.05, 0) is 45.2 Å². The summed E-state index contributed by atoms with van der Waals surface area (Å²) >= 11 is 0. The first-order valence-corrected chi connectivity index (χ1v) is 7.93. The van der Waals surface area contributed by atoms with E-state index in [-0.39, 0.29) is 5.91 Å². The van der Waals surface area contributed by atoms with Gasteiger partial charge in [-0.1, -0.05) is 20.3 Å². The van der Waals surface area contributed by atoms with Crippen molar-refractivity contribution in [3.63, 3.8) is 0 Å². The highest BCUT2D eigenvalue weighted by atomic mass is 16.5. The normalized spacial score (nSPS) is 11.1. The number of ether oxygens (including phenoxy) is 1. The van der Waals surface area contributed by atoms with Crippen LogP contribution in [0.4, 0.5) is 0 Å². The third kappa shape index (κ3) is 13.6. The molecule has 0 aliphatic rings. The van der Waals surface area contributed by atoms with E-state index in [1.165, 1.54) is 7.11 Å². The van der Waals surface area contributed by atoms with Gasteiger partial charge in [-0.3, -0.25) is 4.79 Å². The monoisotopic (exact) mass is 303 g/mol. The van der Waals surface area contributed by atoms with E-state index in [9.17, 15) is 9.59 Å². The van der Waals surface area contributed by atoms with Crippen LogP contribution in [-0.2, 0) is 14.3 Å². The Morgan fingerprint density at radius 1 is 1.00 bits per heavy atom. The molecule has 0 spiro atoms. The molecular weight excluding hydrogens is 270 g/mol. The van der Waals surface area contributed by atoms with E-state index in [1.54, 1.807) is 0 Å². The van der Waals surface area contributed by atoms with Gasteiger partial charge in [-0.2, -0.15) is 0 Å². The van der Waals surface area contributed by atoms with E-state index < -0.39 is 12.0 Å². The highest BCUT2D eigenvalue weighted by molar-refractivity contribution is 5.84. The molecule has 0 aliphatic heterocycles. The predicted molar refractivity (Wildman–Crippen MR) is 85.7 cm³/mol. The molecule has 0 heterocycles. The standard InChI is InChI=1S/C13H27N3O3.C2H6/c1-19-13(18)11(7-4-6-10-15)16-12(17)8-3-2-5-9-14;1-2/h11H,2-10,14-15H2,1H3,(H,16,17);1-2H3. The van der Waals surface area contributed by atoms with E-state index in [1.807, 2.05) is 13.8 Å². The summed E-state index contributed by atoms with van der Waals surface area (Å²) < 4.78 is 4.69. The van der Waals surface area contributed by atoms with Gasteiger partial charge in [0.25, 0.3) is 0 Å². The average molecular weight is 303 g/mol. The summed E-state index contributed by atoms with van der Waals surface area (Å²) in [6.07, 6.45) is 5.26. The van der Waals surface area contributed by atoms with Crippen molar-refractivity contribution in [1.82, 2.24) is 5.32 Å². The molecule has 5 N–H and O–H groups in total. The number of nitrogens with one attached hydrogen (secondary N) is 1. The minimum Gasteiger partial charge on any atom is -0.467 e. The highest BCUT2D eigenvalue weighted by Gasteiger charge is 2.20. The maximum atomic E-state index is 11.7. The fourth-order valence-electron chi connectivity index (χ4n) is 1.76. The van der Waals surface area contributed by atoms with Gasteiger partial charge in [-0.15, -0.1) is 0 Å². The van der Waals surface area contributed by atoms with Crippen molar-refractivity contribution in [1.29, 1.82) is 0 Å². The zero-order chi connectivity index (χ0) is 16.5. The van der Waals surface area contributed by atoms with Gasteiger partial charge in [-0.25, -0.2) is 4.79 Å². The van der Waals surface area contributed by atoms with Crippen LogP contribution in [0, 0.1) is 0 Å². The highest BCUT2D eigenvalue weighted by Crippen LogP contribution is 2.04. The zero-order valence-corrected chi connectivity index (χ0v) is 13.8. The maximum absolute atomic E-state index is 11.7. The number of hydrogen-bond acceptors (Lipinski definition) is 5. The molecule has 0 rings (SSSR count). The number of methoxy groups -OCH3 is 1. The first kappa shape index (κ1) is 22.1. The Hall–Kier alpha value is -1.14. The van der Waals surface area contributed by atoms with E-state index >= 15 is 0 Å². The van der Waals surface area contributed by atoms with Crippen LogP contribution in [0.15, 0.2) is 0 Å². The predicted octanol–water partition coefficient (Wildman–Crippen LogP) is 1.32. The third-order valence-corrected chi connectivity index (χ3v) is 2.88. The second-order valence-electron chi connectivity index (χ2n) is 4.53. The summed E-state index contributed by atoms with van der Waals surface area (Å²) in [4.78, 5) is 23.2. The lowest BCUT2D eigenvalue weighted by molar-refractivity contribution is -0.145. The van der Waals surface area contributed by atoms with Crippen molar-refractivity contribution < 1.29 is 14.3 Å². The number of nitrogens with two attached hydrogens (primary N) is 2. The van der Waals surface area contributed by atoms with Crippen molar-refractivity contribution in [3.05, 3.63) is 0 Å². The second-order valence-corrected chi connectivity index (χ2v) is 4.53. The second kappa shape index (κ2) is 16.9. The smallest absolute Gasteiger partial charge is 0.328 e. The van der Waals surface area contributed by atoms with Crippen LogP contribution in [0.2, 0.25) is 0 Å². The van der Waals surface area contributed by atoms with E-state index in [4.69, 9.17) is 11.5 Å². The SMILES string of the molecule is CC.COC(=O)C(CCCCN)NC(=O)CCCCCN. The average Bonchev–Trinajstić information content (AvgIpc) is 2.52. The van der Waals surface area contributed by atoms with Crippen LogP contribution in [-0.4, -0.2) is 38.1 Å². The molecule has 0 bridgehead atoms. The van der Waals surface area contributed by atoms with E-state index in [2.05, 4.69) is 10.1 Å². The molecule has 126 valence electrons. The molecule has 0 radical (unpaired) electrons. The molecule has 0 saturated heterocycles. The van der Waals surface area contributed by atoms with Crippen LogP contribution in [0.1, 0.15) is 58.8 Å². The number of unbranched alkanes of at least 4 members (excludes halogenated alkanes) is 3. The van der Waals surface area contributed by atoms with E-state index in [0.29, 0.717) is 25.9 Å². The largest absolute Gasteiger partial charge is 0.467 e. The Labute approximate surface area is 129 Å². The van der Waals surface area contributed by atoms with Gasteiger partial charge in [0.1, 0.15) is 6.04 Å². The lowest BCUT2D eigenvalue weighted by atomic mass is 10.1. The molecular formula is C15H33N3O3. The lowest BCUT2D eigenvalue weighted by Crippen LogP contribution is -2.41. The molecule has 6 heteroatoms. The van der Waals surface area contributed by atoms with Crippen molar-refractivity contribution >= 4 is 11.9 Å². The fourth-order valence-corrected chi connectivity index (χ4v) is 1.76. The fraction of sp³-hybridized carbons (Fsp3) is 0.867. The summed E-state index contributed by atoms with van der Waals surface area (Å²) in [5.41, 5.74) is 10.8. The number of hydrogen-bond donors (Lipinski definition) is 3. The quantitative estimate of drug-likeness (QED) is 0.394. The Morgan fingerprint density at radius 3 is 2.10 bits per heavy atom. The van der Waals surface area contributed by atoms with Gasteiger partial charge < -0.3 is 21.5 Å². The number of esters is 1. The Bertz CT molecular complexity index is 261.